The molecule has 158 valence electrons. The first-order chi connectivity index (χ1) is 14.6. The summed E-state index contributed by atoms with van der Waals surface area (Å²) in [4.78, 5) is 17.7. The lowest BCUT2D eigenvalue weighted by molar-refractivity contribution is -0.0368. The number of hydrogen-bond acceptors (Lipinski definition) is 5. The molecule has 1 aliphatic carbocycles. The van der Waals surface area contributed by atoms with E-state index in [4.69, 9.17) is 19.6 Å². The molecule has 5 rings (SSSR count). The maximum absolute atomic E-state index is 12.9. The minimum atomic E-state index is -0.112. The average molecular weight is 409 g/mol. The lowest BCUT2D eigenvalue weighted by Gasteiger charge is -2.23. The number of aryl methyl sites for hydroxylation is 2. The van der Waals surface area contributed by atoms with Crippen LogP contribution in [-0.4, -0.2) is 37.3 Å². The first-order valence-corrected chi connectivity index (χ1v) is 10.6. The molecule has 0 radical (unpaired) electrons. The molecule has 8 nitrogen and oxygen atoms in total. The standard InChI is InChI=1S/C22H27N5O3/c1-4-16-15-11-17(20-18(12-30-14-8-9-14)24-26(3)22(20)28)23-13(2)21(15)27(25-16)19-7-5-6-10-29-19/h4,11,14,19,24H,1,5-10,12H2,2-3H3. The Hall–Kier alpha value is -2.71. The molecule has 2 fully saturated rings. The zero-order valence-corrected chi connectivity index (χ0v) is 17.5. The highest BCUT2D eigenvalue weighted by Gasteiger charge is 2.26. The van der Waals surface area contributed by atoms with E-state index in [1.165, 1.54) is 4.68 Å². The quantitative estimate of drug-likeness (QED) is 0.674. The van der Waals surface area contributed by atoms with Gasteiger partial charge in [-0.3, -0.25) is 19.6 Å². The molecule has 0 spiro atoms. The topological polar surface area (TPSA) is 87.0 Å². The Kier molecular flexibility index (Phi) is 4.83. The number of nitrogens with zero attached hydrogens (tertiary/aromatic N) is 4. The number of fused-ring (bicyclic) bond motifs is 1. The van der Waals surface area contributed by atoms with Crippen molar-refractivity contribution in [2.45, 2.75) is 58.0 Å². The van der Waals surface area contributed by atoms with Crippen molar-refractivity contribution in [2.24, 2.45) is 7.05 Å². The van der Waals surface area contributed by atoms with E-state index in [0.29, 0.717) is 24.0 Å². The average Bonchev–Trinajstić information content (AvgIpc) is 3.44. The van der Waals surface area contributed by atoms with Crippen LogP contribution in [0.3, 0.4) is 0 Å². The normalized spacial score (nSPS) is 19.5. The van der Waals surface area contributed by atoms with Crippen molar-refractivity contribution in [1.82, 2.24) is 24.5 Å². The summed E-state index contributed by atoms with van der Waals surface area (Å²) in [5, 5.41) is 8.82. The lowest BCUT2D eigenvalue weighted by atomic mass is 10.1. The van der Waals surface area contributed by atoms with Gasteiger partial charge in [0.2, 0.25) is 0 Å². The van der Waals surface area contributed by atoms with Gasteiger partial charge in [-0.1, -0.05) is 6.58 Å². The third-order valence-corrected chi connectivity index (χ3v) is 5.88. The van der Waals surface area contributed by atoms with Crippen LogP contribution in [0.25, 0.3) is 28.2 Å². The van der Waals surface area contributed by atoms with Crippen LogP contribution in [0.4, 0.5) is 0 Å². The Morgan fingerprint density at radius 2 is 2.20 bits per heavy atom. The monoisotopic (exact) mass is 409 g/mol. The van der Waals surface area contributed by atoms with Crippen LogP contribution in [0.2, 0.25) is 0 Å². The van der Waals surface area contributed by atoms with Crippen LogP contribution >= 0.6 is 0 Å². The van der Waals surface area contributed by atoms with Crippen molar-refractivity contribution in [3.63, 3.8) is 0 Å². The van der Waals surface area contributed by atoms with Gasteiger partial charge in [0, 0.05) is 19.0 Å². The summed E-state index contributed by atoms with van der Waals surface area (Å²) in [6.07, 6.45) is 7.25. The van der Waals surface area contributed by atoms with Gasteiger partial charge in [-0.15, -0.1) is 0 Å². The van der Waals surface area contributed by atoms with E-state index in [2.05, 4.69) is 11.7 Å². The molecular formula is C22H27N5O3. The molecule has 1 saturated heterocycles. The molecule has 3 aromatic heterocycles. The second kappa shape index (κ2) is 7.52. The Morgan fingerprint density at radius 1 is 1.37 bits per heavy atom. The van der Waals surface area contributed by atoms with E-state index < -0.39 is 0 Å². The summed E-state index contributed by atoms with van der Waals surface area (Å²) in [5.74, 6) is 0. The highest BCUT2D eigenvalue weighted by atomic mass is 16.5. The number of aromatic nitrogens is 5. The van der Waals surface area contributed by atoms with Crippen molar-refractivity contribution in [2.75, 3.05) is 6.61 Å². The van der Waals surface area contributed by atoms with E-state index in [0.717, 1.165) is 66.7 Å². The van der Waals surface area contributed by atoms with Crippen LogP contribution in [0.1, 0.15) is 55.4 Å². The highest BCUT2D eigenvalue weighted by molar-refractivity contribution is 5.91. The zero-order chi connectivity index (χ0) is 20.8. The number of pyridine rings is 1. The van der Waals surface area contributed by atoms with Gasteiger partial charge in [-0.25, -0.2) is 4.68 Å². The van der Waals surface area contributed by atoms with Crippen LogP contribution in [0.15, 0.2) is 17.4 Å². The molecule has 0 aromatic carbocycles. The molecule has 3 aromatic rings. The Labute approximate surface area is 174 Å². The second-order valence-electron chi connectivity index (χ2n) is 8.18. The second-order valence-corrected chi connectivity index (χ2v) is 8.18. The van der Waals surface area contributed by atoms with Crippen molar-refractivity contribution in [3.05, 3.63) is 40.1 Å². The van der Waals surface area contributed by atoms with Crippen LogP contribution in [-0.2, 0) is 23.1 Å². The Balaban J connectivity index is 1.63. The Morgan fingerprint density at radius 3 is 2.90 bits per heavy atom. The molecule has 4 heterocycles. The first kappa shape index (κ1) is 19.3. The maximum Gasteiger partial charge on any atom is 0.276 e. The van der Waals surface area contributed by atoms with Crippen molar-refractivity contribution >= 4 is 17.0 Å². The predicted molar refractivity (Wildman–Crippen MR) is 114 cm³/mol. The van der Waals surface area contributed by atoms with Crippen molar-refractivity contribution < 1.29 is 9.47 Å². The third kappa shape index (κ3) is 3.30. The maximum atomic E-state index is 12.9. The molecule has 1 saturated carbocycles. The van der Waals surface area contributed by atoms with Gasteiger partial charge in [0.25, 0.3) is 5.56 Å². The summed E-state index contributed by atoms with van der Waals surface area (Å²) >= 11 is 0. The van der Waals surface area contributed by atoms with Crippen LogP contribution in [0, 0.1) is 6.92 Å². The van der Waals surface area contributed by atoms with E-state index in [1.807, 2.05) is 17.7 Å². The number of hydrogen-bond donors (Lipinski definition) is 1. The fourth-order valence-corrected chi connectivity index (χ4v) is 4.18. The van der Waals surface area contributed by atoms with E-state index in [-0.39, 0.29) is 11.8 Å². The fourth-order valence-electron chi connectivity index (χ4n) is 4.18. The molecule has 1 aliphatic heterocycles. The molecule has 1 unspecified atom stereocenters. The van der Waals surface area contributed by atoms with Crippen LogP contribution < -0.4 is 5.56 Å². The number of nitrogens with one attached hydrogen (secondary N) is 1. The summed E-state index contributed by atoms with van der Waals surface area (Å²) in [6, 6.07) is 1.94. The van der Waals surface area contributed by atoms with Gasteiger partial charge in [0.1, 0.15) is 0 Å². The summed E-state index contributed by atoms with van der Waals surface area (Å²) < 4.78 is 15.2. The lowest BCUT2D eigenvalue weighted by Crippen LogP contribution is -2.19. The number of ether oxygens (including phenoxy) is 2. The van der Waals surface area contributed by atoms with E-state index in [9.17, 15) is 4.79 Å². The molecule has 2 aliphatic rings. The van der Waals surface area contributed by atoms with E-state index in [1.54, 1.807) is 13.1 Å². The van der Waals surface area contributed by atoms with Gasteiger partial charge in [0.05, 0.1) is 46.6 Å². The first-order valence-electron chi connectivity index (χ1n) is 10.6. The molecule has 0 bridgehead atoms. The largest absolute Gasteiger partial charge is 0.372 e. The Bertz CT molecular complexity index is 1160. The molecule has 0 amide bonds. The minimum Gasteiger partial charge on any atom is -0.372 e. The molecular weight excluding hydrogens is 382 g/mol. The van der Waals surface area contributed by atoms with Gasteiger partial charge >= 0.3 is 0 Å². The van der Waals surface area contributed by atoms with Crippen molar-refractivity contribution in [3.8, 4) is 11.3 Å². The molecule has 1 N–H and O–H groups in total. The van der Waals surface area contributed by atoms with Gasteiger partial charge < -0.3 is 9.47 Å². The smallest absolute Gasteiger partial charge is 0.276 e. The number of rotatable bonds is 6. The van der Waals surface area contributed by atoms with Gasteiger partial charge in [-0.2, -0.15) is 5.10 Å². The zero-order valence-electron chi connectivity index (χ0n) is 17.5. The molecule has 8 heteroatoms. The van der Waals surface area contributed by atoms with Gasteiger partial charge in [-0.05, 0) is 51.2 Å². The molecule has 1 atom stereocenters. The summed E-state index contributed by atoms with van der Waals surface area (Å²) in [5.41, 5.74) is 4.35. The third-order valence-electron chi connectivity index (χ3n) is 5.88. The number of aromatic amines is 1. The van der Waals surface area contributed by atoms with Crippen molar-refractivity contribution in [1.29, 1.82) is 0 Å². The predicted octanol–water partition coefficient (Wildman–Crippen LogP) is 3.45. The summed E-state index contributed by atoms with van der Waals surface area (Å²) in [6.45, 7) is 7.01. The van der Waals surface area contributed by atoms with E-state index >= 15 is 0 Å². The van der Waals surface area contributed by atoms with Gasteiger partial charge in [0.15, 0.2) is 6.23 Å². The fraction of sp³-hybridized carbons (Fsp3) is 0.500. The van der Waals surface area contributed by atoms with Crippen LogP contribution in [0.5, 0.6) is 0 Å². The number of H-pyrrole nitrogens is 1. The SMILES string of the molecule is C=Cc1nn(C2CCCCO2)c2c(C)nc(-c3c(COC4CC4)[nH]n(C)c3=O)cc12. The highest BCUT2D eigenvalue weighted by Crippen LogP contribution is 2.33. The minimum absolute atomic E-state index is 0.0936. The molecule has 30 heavy (non-hydrogen) atoms. The summed E-state index contributed by atoms with van der Waals surface area (Å²) in [7, 11) is 1.71.